The van der Waals surface area contributed by atoms with Gasteiger partial charge in [0.15, 0.2) is 0 Å². The molecule has 0 bridgehead atoms. The van der Waals surface area contributed by atoms with Gasteiger partial charge < -0.3 is 5.32 Å². The van der Waals surface area contributed by atoms with E-state index in [1.807, 2.05) is 0 Å². The molecule has 100 valence electrons. The third-order valence-corrected chi connectivity index (χ3v) is 2.90. The highest BCUT2D eigenvalue weighted by molar-refractivity contribution is 6.17. The molecule has 0 fully saturated rings. The maximum absolute atomic E-state index is 11.7. The number of carbonyl (C=O) groups excluding carboxylic acids is 1. The lowest BCUT2D eigenvalue weighted by molar-refractivity contribution is 0.0940. The van der Waals surface area contributed by atoms with Gasteiger partial charge in [0, 0.05) is 18.5 Å². The van der Waals surface area contributed by atoms with E-state index in [0.717, 1.165) is 19.3 Å². The molecule has 1 aromatic heterocycles. The lowest BCUT2D eigenvalue weighted by Crippen LogP contribution is -2.30. The molecule has 1 atom stereocenters. The van der Waals surface area contributed by atoms with E-state index >= 15 is 0 Å². The van der Waals surface area contributed by atoms with E-state index in [-0.39, 0.29) is 17.2 Å². The molecule has 0 aliphatic heterocycles. The molecule has 0 aliphatic carbocycles. The number of H-pyrrole nitrogens is 1. The highest BCUT2D eigenvalue weighted by Gasteiger charge is 2.11. The predicted octanol–water partition coefficient (Wildman–Crippen LogP) is 1.54. The van der Waals surface area contributed by atoms with Crippen LogP contribution in [0.1, 0.15) is 36.7 Å². The Morgan fingerprint density at radius 1 is 1.50 bits per heavy atom. The van der Waals surface area contributed by atoms with Gasteiger partial charge in [-0.05, 0) is 24.8 Å². The van der Waals surface area contributed by atoms with E-state index in [0.29, 0.717) is 18.3 Å². The zero-order chi connectivity index (χ0) is 13.4. The van der Waals surface area contributed by atoms with Crippen LogP contribution in [0.2, 0.25) is 0 Å². The second-order valence-corrected chi connectivity index (χ2v) is 4.53. The van der Waals surface area contributed by atoms with Crippen molar-refractivity contribution in [3.05, 3.63) is 28.2 Å². The van der Waals surface area contributed by atoms with Crippen LogP contribution in [0.3, 0.4) is 0 Å². The van der Waals surface area contributed by atoms with Crippen LogP contribution in [0.15, 0.2) is 16.9 Å². The third kappa shape index (κ3) is 4.87. The van der Waals surface area contributed by atoms with Crippen LogP contribution >= 0.6 is 11.6 Å². The summed E-state index contributed by atoms with van der Waals surface area (Å²) in [6, 6.07) is 2.69. The second-order valence-electron chi connectivity index (χ2n) is 4.15. The third-order valence-electron chi connectivity index (χ3n) is 2.68. The number of nitrogens with one attached hydrogen (secondary N) is 2. The molecule has 0 aromatic carbocycles. The molecule has 1 amide bonds. The molecule has 0 saturated heterocycles. The number of alkyl halides is 1. The van der Waals surface area contributed by atoms with Crippen molar-refractivity contribution in [1.29, 1.82) is 0 Å². The fourth-order valence-electron chi connectivity index (χ4n) is 1.71. The monoisotopic (exact) mass is 271 g/mol. The van der Waals surface area contributed by atoms with Crippen molar-refractivity contribution in [3.63, 3.8) is 0 Å². The summed E-state index contributed by atoms with van der Waals surface area (Å²) < 4.78 is 0. The Morgan fingerprint density at radius 3 is 2.83 bits per heavy atom. The lowest BCUT2D eigenvalue weighted by Gasteiger charge is -2.15. The Labute approximate surface area is 111 Å². The van der Waals surface area contributed by atoms with E-state index in [2.05, 4.69) is 22.4 Å². The summed E-state index contributed by atoms with van der Waals surface area (Å²) in [5.74, 6) is 0.707. The van der Waals surface area contributed by atoms with Gasteiger partial charge in [-0.1, -0.05) is 13.3 Å². The van der Waals surface area contributed by atoms with Gasteiger partial charge in [0.05, 0.1) is 0 Å². The van der Waals surface area contributed by atoms with Crippen molar-refractivity contribution in [3.8, 4) is 0 Å². The largest absolute Gasteiger partial charge is 0.350 e. The highest BCUT2D eigenvalue weighted by Crippen LogP contribution is 2.11. The van der Waals surface area contributed by atoms with Crippen LogP contribution in [-0.4, -0.2) is 28.5 Å². The van der Waals surface area contributed by atoms with Crippen LogP contribution in [0.25, 0.3) is 0 Å². The van der Waals surface area contributed by atoms with Gasteiger partial charge in [-0.15, -0.1) is 11.6 Å². The summed E-state index contributed by atoms with van der Waals surface area (Å²) in [5, 5.41) is 8.71. The minimum Gasteiger partial charge on any atom is -0.350 e. The summed E-state index contributed by atoms with van der Waals surface area (Å²) in [7, 11) is 0. The second kappa shape index (κ2) is 7.87. The molecular weight excluding hydrogens is 254 g/mol. The van der Waals surface area contributed by atoms with Gasteiger partial charge in [0.1, 0.15) is 5.69 Å². The molecule has 1 heterocycles. The normalized spacial score (nSPS) is 12.1. The first kappa shape index (κ1) is 14.7. The SMILES string of the molecule is CCCC(CCCl)CNC(=O)c1ccc(=O)[nH]n1. The quantitative estimate of drug-likeness (QED) is 0.739. The molecule has 18 heavy (non-hydrogen) atoms. The van der Waals surface area contributed by atoms with Gasteiger partial charge in [-0.3, -0.25) is 9.59 Å². The summed E-state index contributed by atoms with van der Waals surface area (Å²) in [4.78, 5) is 22.6. The first-order valence-electron chi connectivity index (χ1n) is 6.07. The zero-order valence-electron chi connectivity index (χ0n) is 10.4. The Morgan fingerprint density at radius 2 is 2.28 bits per heavy atom. The van der Waals surface area contributed by atoms with Crippen molar-refractivity contribution in [2.24, 2.45) is 5.92 Å². The number of nitrogens with zero attached hydrogens (tertiary/aromatic N) is 1. The van der Waals surface area contributed by atoms with E-state index in [4.69, 9.17) is 11.6 Å². The standard InChI is InChI=1S/C12H18ClN3O2/c1-2-3-9(6-7-13)8-14-12(18)10-4-5-11(17)16-15-10/h4-5,9H,2-3,6-8H2,1H3,(H,14,18)(H,16,17). The minimum absolute atomic E-state index is 0.218. The molecule has 1 rings (SSSR count). The first-order chi connectivity index (χ1) is 8.67. The summed E-state index contributed by atoms with van der Waals surface area (Å²) in [6.45, 7) is 2.69. The Hall–Kier alpha value is -1.36. The summed E-state index contributed by atoms with van der Waals surface area (Å²) >= 11 is 5.72. The molecule has 0 spiro atoms. The highest BCUT2D eigenvalue weighted by atomic mass is 35.5. The van der Waals surface area contributed by atoms with E-state index in [1.165, 1.54) is 12.1 Å². The van der Waals surface area contributed by atoms with Gasteiger partial charge in [0.25, 0.3) is 11.5 Å². The molecular formula is C12H18ClN3O2. The van der Waals surface area contributed by atoms with Crippen LogP contribution in [0.4, 0.5) is 0 Å². The van der Waals surface area contributed by atoms with Crippen LogP contribution in [0, 0.1) is 5.92 Å². The van der Waals surface area contributed by atoms with Gasteiger partial charge >= 0.3 is 0 Å². The van der Waals surface area contributed by atoms with E-state index < -0.39 is 0 Å². The Balaban J connectivity index is 2.48. The number of hydrogen-bond acceptors (Lipinski definition) is 3. The van der Waals surface area contributed by atoms with E-state index in [1.54, 1.807) is 0 Å². The minimum atomic E-state index is -0.322. The Bertz CT molecular complexity index is 407. The van der Waals surface area contributed by atoms with Crippen molar-refractivity contribution in [2.45, 2.75) is 26.2 Å². The van der Waals surface area contributed by atoms with Crippen LogP contribution < -0.4 is 10.9 Å². The predicted molar refractivity (Wildman–Crippen MR) is 70.9 cm³/mol. The van der Waals surface area contributed by atoms with Gasteiger partial charge in [0.2, 0.25) is 0 Å². The molecule has 2 N–H and O–H groups in total. The molecule has 0 aliphatic rings. The van der Waals surface area contributed by atoms with E-state index in [9.17, 15) is 9.59 Å². The van der Waals surface area contributed by atoms with Crippen molar-refractivity contribution in [1.82, 2.24) is 15.5 Å². The Kier molecular flexibility index (Phi) is 6.43. The number of halogens is 1. The van der Waals surface area contributed by atoms with Crippen molar-refractivity contribution >= 4 is 17.5 Å². The van der Waals surface area contributed by atoms with Crippen LogP contribution in [-0.2, 0) is 0 Å². The lowest BCUT2D eigenvalue weighted by atomic mass is 10.0. The number of rotatable bonds is 7. The smallest absolute Gasteiger partial charge is 0.271 e. The number of carbonyl (C=O) groups is 1. The molecule has 0 radical (unpaired) electrons. The fourth-order valence-corrected chi connectivity index (χ4v) is 2.02. The molecule has 0 saturated carbocycles. The molecule has 1 unspecified atom stereocenters. The number of amides is 1. The van der Waals surface area contributed by atoms with Gasteiger partial charge in [-0.25, -0.2) is 5.10 Å². The molecule has 5 nitrogen and oxygen atoms in total. The molecule has 1 aromatic rings. The topological polar surface area (TPSA) is 74.8 Å². The number of aromatic nitrogens is 2. The summed E-state index contributed by atoms with van der Waals surface area (Å²) in [5.41, 5.74) is -0.103. The maximum Gasteiger partial charge on any atom is 0.271 e. The average Bonchev–Trinajstić information content (AvgIpc) is 2.37. The van der Waals surface area contributed by atoms with Gasteiger partial charge in [-0.2, -0.15) is 5.10 Å². The number of hydrogen-bond donors (Lipinski definition) is 2. The first-order valence-corrected chi connectivity index (χ1v) is 6.60. The van der Waals surface area contributed by atoms with Crippen molar-refractivity contribution in [2.75, 3.05) is 12.4 Å². The molecule has 6 heteroatoms. The maximum atomic E-state index is 11.7. The zero-order valence-corrected chi connectivity index (χ0v) is 11.2. The summed E-state index contributed by atoms with van der Waals surface area (Å²) in [6.07, 6.45) is 2.98. The number of aromatic amines is 1. The van der Waals surface area contributed by atoms with Crippen LogP contribution in [0.5, 0.6) is 0 Å². The average molecular weight is 272 g/mol. The fraction of sp³-hybridized carbons (Fsp3) is 0.583. The van der Waals surface area contributed by atoms with Crippen molar-refractivity contribution < 1.29 is 4.79 Å².